The molecule has 130 valence electrons. The van der Waals surface area contributed by atoms with Crippen LogP contribution in [0.4, 0.5) is 4.79 Å². The average molecular weight is 343 g/mol. The van der Waals surface area contributed by atoms with Crippen molar-refractivity contribution in [3.63, 3.8) is 0 Å². The van der Waals surface area contributed by atoms with Crippen molar-refractivity contribution in [2.45, 2.75) is 46.0 Å². The molecular formula is C16H26NO5P. The summed E-state index contributed by atoms with van der Waals surface area (Å²) >= 11 is 0. The van der Waals surface area contributed by atoms with Gasteiger partial charge in [0.15, 0.2) is 0 Å². The highest BCUT2D eigenvalue weighted by Crippen LogP contribution is 2.53. The van der Waals surface area contributed by atoms with E-state index in [1.54, 1.807) is 13.8 Å². The fraction of sp³-hybridized carbons (Fsp3) is 0.562. The van der Waals surface area contributed by atoms with E-state index in [2.05, 4.69) is 5.32 Å². The zero-order valence-corrected chi connectivity index (χ0v) is 14.9. The minimum Gasteiger partial charge on any atom is -0.445 e. The van der Waals surface area contributed by atoms with E-state index in [-0.39, 0.29) is 19.8 Å². The molecule has 0 spiro atoms. The fourth-order valence-corrected chi connectivity index (χ4v) is 4.05. The van der Waals surface area contributed by atoms with Crippen LogP contribution in [0, 0.1) is 0 Å². The minimum atomic E-state index is -3.41. The van der Waals surface area contributed by atoms with Crippen LogP contribution < -0.4 is 5.32 Å². The number of carbonyl (C=O) groups is 1. The van der Waals surface area contributed by atoms with Gasteiger partial charge in [-0.2, -0.15) is 0 Å². The summed E-state index contributed by atoms with van der Waals surface area (Å²) in [6, 6.07) is 9.36. The molecule has 1 amide bonds. The van der Waals surface area contributed by atoms with Gasteiger partial charge in [0.25, 0.3) is 0 Å². The summed E-state index contributed by atoms with van der Waals surface area (Å²) in [6.45, 7) is 6.06. The molecule has 6 nitrogen and oxygen atoms in total. The lowest BCUT2D eigenvalue weighted by molar-refractivity contribution is 0.134. The van der Waals surface area contributed by atoms with Crippen LogP contribution in [0.15, 0.2) is 30.3 Å². The zero-order valence-electron chi connectivity index (χ0n) is 14.0. The first-order chi connectivity index (χ1) is 11.1. The van der Waals surface area contributed by atoms with Crippen molar-refractivity contribution in [3.05, 3.63) is 35.9 Å². The quantitative estimate of drug-likeness (QED) is 0.641. The molecular weight excluding hydrogens is 317 g/mol. The first kappa shape index (κ1) is 19.7. The van der Waals surface area contributed by atoms with Gasteiger partial charge in [-0.1, -0.05) is 43.7 Å². The third-order valence-electron chi connectivity index (χ3n) is 3.06. The lowest BCUT2D eigenvalue weighted by atomic mass is 10.2. The van der Waals surface area contributed by atoms with Crippen LogP contribution in [-0.2, 0) is 25.0 Å². The molecule has 1 aromatic rings. The van der Waals surface area contributed by atoms with Crippen molar-refractivity contribution in [1.29, 1.82) is 0 Å². The normalized spacial score (nSPS) is 12.7. The maximum atomic E-state index is 12.8. The third-order valence-corrected chi connectivity index (χ3v) is 5.45. The molecule has 0 aliphatic rings. The van der Waals surface area contributed by atoms with E-state index in [4.69, 9.17) is 13.8 Å². The molecule has 0 heterocycles. The van der Waals surface area contributed by atoms with E-state index in [9.17, 15) is 9.36 Å². The van der Waals surface area contributed by atoms with Gasteiger partial charge in [0.05, 0.1) is 13.2 Å². The second-order valence-corrected chi connectivity index (χ2v) is 7.11. The summed E-state index contributed by atoms with van der Waals surface area (Å²) < 4.78 is 28.6. The Morgan fingerprint density at radius 3 is 2.26 bits per heavy atom. The van der Waals surface area contributed by atoms with Crippen LogP contribution in [0.25, 0.3) is 0 Å². The number of nitrogens with one attached hydrogen (secondary N) is 1. The monoisotopic (exact) mass is 343 g/mol. The second-order valence-electron chi connectivity index (χ2n) is 4.89. The number of carbonyl (C=O) groups excluding carboxylic acids is 1. The van der Waals surface area contributed by atoms with E-state index in [1.807, 2.05) is 37.3 Å². The number of hydrogen-bond donors (Lipinski definition) is 1. The molecule has 1 rings (SSSR count). The van der Waals surface area contributed by atoms with Gasteiger partial charge < -0.3 is 19.1 Å². The van der Waals surface area contributed by atoms with Gasteiger partial charge in [-0.15, -0.1) is 0 Å². The van der Waals surface area contributed by atoms with Crippen LogP contribution in [0.5, 0.6) is 0 Å². The number of benzene rings is 1. The molecule has 1 N–H and O–H groups in total. The van der Waals surface area contributed by atoms with E-state index in [1.165, 1.54) is 0 Å². The van der Waals surface area contributed by atoms with Gasteiger partial charge in [0, 0.05) is 0 Å². The Morgan fingerprint density at radius 1 is 1.13 bits per heavy atom. The highest BCUT2D eigenvalue weighted by Gasteiger charge is 2.36. The van der Waals surface area contributed by atoms with Crippen molar-refractivity contribution in [2.75, 3.05) is 13.2 Å². The second kappa shape index (κ2) is 10.4. The summed E-state index contributed by atoms with van der Waals surface area (Å²) in [5.41, 5.74) is 0.882. The van der Waals surface area contributed by atoms with Gasteiger partial charge >= 0.3 is 13.7 Å². The van der Waals surface area contributed by atoms with Gasteiger partial charge in [0.1, 0.15) is 12.4 Å². The Hall–Kier alpha value is -1.36. The molecule has 0 aliphatic heterocycles. The van der Waals surface area contributed by atoms with Crippen molar-refractivity contribution >= 4 is 13.7 Å². The number of hydrogen-bond acceptors (Lipinski definition) is 5. The topological polar surface area (TPSA) is 73.9 Å². The lowest BCUT2D eigenvalue weighted by Crippen LogP contribution is -2.36. The summed E-state index contributed by atoms with van der Waals surface area (Å²) in [5.74, 6) is -0.712. The Balaban J connectivity index is 2.66. The molecule has 0 fully saturated rings. The SMILES string of the molecule is CCCC(NC(=O)OCc1ccccc1)P(=O)(OCC)OCC. The number of alkyl carbamates (subject to hydrolysis) is 1. The van der Waals surface area contributed by atoms with Crippen LogP contribution in [-0.4, -0.2) is 25.1 Å². The zero-order chi connectivity index (χ0) is 17.1. The van der Waals surface area contributed by atoms with Crippen LogP contribution in [0.1, 0.15) is 39.2 Å². The number of amides is 1. The summed E-state index contributed by atoms with van der Waals surface area (Å²) in [5, 5.41) is 2.62. The Bertz CT molecular complexity index is 498. The summed E-state index contributed by atoms with van der Waals surface area (Å²) in [6.07, 6.45) is 0.581. The summed E-state index contributed by atoms with van der Waals surface area (Å²) in [4.78, 5) is 12.0. The largest absolute Gasteiger partial charge is 0.445 e. The Labute approximate surface area is 138 Å². The highest BCUT2D eigenvalue weighted by molar-refractivity contribution is 7.54. The molecule has 1 atom stereocenters. The fourth-order valence-electron chi connectivity index (χ4n) is 2.06. The predicted molar refractivity (Wildman–Crippen MR) is 89.3 cm³/mol. The molecule has 0 aromatic heterocycles. The van der Waals surface area contributed by atoms with E-state index < -0.39 is 19.5 Å². The summed E-state index contributed by atoms with van der Waals surface area (Å²) in [7, 11) is -3.41. The van der Waals surface area contributed by atoms with Gasteiger partial charge in [-0.05, 0) is 25.8 Å². The Morgan fingerprint density at radius 2 is 1.74 bits per heavy atom. The first-order valence-electron chi connectivity index (χ1n) is 7.91. The van der Waals surface area contributed by atoms with Crippen LogP contribution in [0.3, 0.4) is 0 Å². The molecule has 0 saturated heterocycles. The van der Waals surface area contributed by atoms with Crippen molar-refractivity contribution in [2.24, 2.45) is 0 Å². The average Bonchev–Trinajstić information content (AvgIpc) is 2.54. The lowest BCUT2D eigenvalue weighted by Gasteiger charge is -2.26. The molecule has 23 heavy (non-hydrogen) atoms. The first-order valence-corrected chi connectivity index (χ1v) is 9.52. The minimum absolute atomic E-state index is 0.152. The highest BCUT2D eigenvalue weighted by atomic mass is 31.2. The molecule has 0 bridgehead atoms. The van der Waals surface area contributed by atoms with Crippen molar-refractivity contribution in [3.8, 4) is 0 Å². The molecule has 0 aliphatic carbocycles. The third kappa shape index (κ3) is 6.73. The van der Waals surface area contributed by atoms with Crippen LogP contribution >= 0.6 is 7.60 Å². The standard InChI is InChI=1S/C16H26NO5P/c1-4-10-15(23(19,21-5-2)22-6-3)17-16(18)20-13-14-11-8-7-9-12-14/h7-9,11-12,15H,4-6,10,13H2,1-3H3,(H,17,18). The van der Waals surface area contributed by atoms with E-state index >= 15 is 0 Å². The maximum Gasteiger partial charge on any atom is 0.408 e. The van der Waals surface area contributed by atoms with Gasteiger partial charge in [-0.25, -0.2) is 4.79 Å². The number of rotatable bonds is 10. The molecule has 1 aromatic carbocycles. The van der Waals surface area contributed by atoms with Crippen LogP contribution in [0.2, 0.25) is 0 Å². The molecule has 0 saturated carbocycles. The van der Waals surface area contributed by atoms with E-state index in [0.717, 1.165) is 12.0 Å². The smallest absolute Gasteiger partial charge is 0.408 e. The van der Waals surface area contributed by atoms with Crippen molar-refractivity contribution in [1.82, 2.24) is 5.32 Å². The maximum absolute atomic E-state index is 12.8. The predicted octanol–water partition coefficient (Wildman–Crippen LogP) is 4.31. The Kier molecular flexibility index (Phi) is 8.92. The number of ether oxygens (including phenoxy) is 1. The van der Waals surface area contributed by atoms with Gasteiger partial charge in [0.2, 0.25) is 0 Å². The molecule has 0 radical (unpaired) electrons. The van der Waals surface area contributed by atoms with E-state index in [0.29, 0.717) is 6.42 Å². The molecule has 1 unspecified atom stereocenters. The van der Waals surface area contributed by atoms with Gasteiger partial charge in [-0.3, -0.25) is 4.57 Å². The van der Waals surface area contributed by atoms with Crippen molar-refractivity contribution < 1.29 is 23.1 Å². The molecule has 7 heteroatoms.